The van der Waals surface area contributed by atoms with Crippen molar-refractivity contribution in [2.24, 2.45) is 5.92 Å². The van der Waals surface area contributed by atoms with E-state index in [1.807, 2.05) is 6.07 Å². The zero-order valence-electron chi connectivity index (χ0n) is 9.78. The van der Waals surface area contributed by atoms with Crippen LogP contribution in [0.2, 0.25) is 0 Å². The molecule has 0 N–H and O–H groups in total. The number of hydrogen-bond donors (Lipinski definition) is 0. The Morgan fingerprint density at radius 1 is 1.25 bits per heavy atom. The standard InChI is InChI=1S/C14H20O2/c15-14(10-13-7-8-16-11-13)9-12-5-3-1-2-4-6-12/h7-8,11-12H,1-6,9-10H2. The van der Waals surface area contributed by atoms with Crippen molar-refractivity contribution in [3.8, 4) is 0 Å². The van der Waals surface area contributed by atoms with E-state index in [0.29, 0.717) is 18.1 Å². The van der Waals surface area contributed by atoms with Crippen molar-refractivity contribution in [2.45, 2.75) is 51.4 Å². The van der Waals surface area contributed by atoms with Gasteiger partial charge in [0.05, 0.1) is 12.5 Å². The maximum absolute atomic E-state index is 11.8. The second-order valence-corrected chi connectivity index (χ2v) is 4.91. The highest BCUT2D eigenvalue weighted by molar-refractivity contribution is 5.80. The fourth-order valence-electron chi connectivity index (χ4n) is 2.58. The number of furan rings is 1. The van der Waals surface area contributed by atoms with Gasteiger partial charge in [0.2, 0.25) is 0 Å². The maximum atomic E-state index is 11.8. The average molecular weight is 220 g/mol. The number of hydrogen-bond acceptors (Lipinski definition) is 2. The minimum Gasteiger partial charge on any atom is -0.472 e. The van der Waals surface area contributed by atoms with Gasteiger partial charge in [-0.05, 0) is 17.5 Å². The van der Waals surface area contributed by atoms with Gasteiger partial charge in [0, 0.05) is 12.8 Å². The summed E-state index contributed by atoms with van der Waals surface area (Å²) in [4.78, 5) is 11.8. The van der Waals surface area contributed by atoms with Gasteiger partial charge < -0.3 is 4.42 Å². The highest BCUT2D eigenvalue weighted by Crippen LogP contribution is 2.25. The molecule has 16 heavy (non-hydrogen) atoms. The molecule has 0 spiro atoms. The molecule has 2 nitrogen and oxygen atoms in total. The minimum atomic E-state index is 0.369. The van der Waals surface area contributed by atoms with E-state index in [-0.39, 0.29) is 0 Å². The molecule has 0 aliphatic heterocycles. The smallest absolute Gasteiger partial charge is 0.137 e. The lowest BCUT2D eigenvalue weighted by Crippen LogP contribution is -2.10. The molecule has 1 saturated carbocycles. The van der Waals surface area contributed by atoms with E-state index in [0.717, 1.165) is 12.0 Å². The first-order valence-corrected chi connectivity index (χ1v) is 6.37. The van der Waals surface area contributed by atoms with Crippen molar-refractivity contribution >= 4 is 5.78 Å². The van der Waals surface area contributed by atoms with Crippen LogP contribution in [0.25, 0.3) is 0 Å². The molecule has 0 aromatic carbocycles. The summed E-state index contributed by atoms with van der Waals surface area (Å²) >= 11 is 0. The van der Waals surface area contributed by atoms with Crippen LogP contribution in [0.5, 0.6) is 0 Å². The van der Waals surface area contributed by atoms with Crippen molar-refractivity contribution in [2.75, 3.05) is 0 Å². The average Bonchev–Trinajstić information content (AvgIpc) is 2.62. The molecule has 1 heterocycles. The highest BCUT2D eigenvalue weighted by Gasteiger charge is 2.16. The first-order chi connectivity index (χ1) is 7.84. The van der Waals surface area contributed by atoms with Gasteiger partial charge in [-0.2, -0.15) is 0 Å². The SMILES string of the molecule is O=C(Cc1ccoc1)CC1CCCCCC1. The molecule has 0 unspecified atom stereocenters. The largest absolute Gasteiger partial charge is 0.472 e. The van der Waals surface area contributed by atoms with Crippen LogP contribution in [0.1, 0.15) is 50.5 Å². The lowest BCUT2D eigenvalue weighted by molar-refractivity contribution is -0.119. The van der Waals surface area contributed by atoms with Gasteiger partial charge >= 0.3 is 0 Å². The predicted molar refractivity (Wildman–Crippen MR) is 63.2 cm³/mol. The number of ketones is 1. The van der Waals surface area contributed by atoms with Crippen molar-refractivity contribution in [1.29, 1.82) is 0 Å². The monoisotopic (exact) mass is 220 g/mol. The quantitative estimate of drug-likeness (QED) is 0.723. The zero-order valence-corrected chi connectivity index (χ0v) is 9.78. The second kappa shape index (κ2) is 5.88. The van der Waals surface area contributed by atoms with E-state index >= 15 is 0 Å². The molecule has 0 saturated heterocycles. The van der Waals surface area contributed by atoms with E-state index in [2.05, 4.69) is 0 Å². The fourth-order valence-corrected chi connectivity index (χ4v) is 2.58. The van der Waals surface area contributed by atoms with Crippen molar-refractivity contribution in [3.63, 3.8) is 0 Å². The van der Waals surface area contributed by atoms with Crippen molar-refractivity contribution < 1.29 is 9.21 Å². The van der Waals surface area contributed by atoms with E-state index in [1.165, 1.54) is 38.5 Å². The van der Waals surface area contributed by atoms with Crippen LogP contribution < -0.4 is 0 Å². The Bertz CT molecular complexity index is 305. The zero-order chi connectivity index (χ0) is 11.2. The molecule has 1 aliphatic carbocycles. The van der Waals surface area contributed by atoms with Crippen LogP contribution in [0.15, 0.2) is 23.0 Å². The highest BCUT2D eigenvalue weighted by atomic mass is 16.3. The first-order valence-electron chi connectivity index (χ1n) is 6.37. The van der Waals surface area contributed by atoms with Gasteiger partial charge in [0.25, 0.3) is 0 Å². The lowest BCUT2D eigenvalue weighted by atomic mass is 9.93. The summed E-state index contributed by atoms with van der Waals surface area (Å²) in [5.41, 5.74) is 1.01. The predicted octanol–water partition coefficient (Wildman–Crippen LogP) is 3.75. The van der Waals surface area contributed by atoms with Gasteiger partial charge in [-0.3, -0.25) is 4.79 Å². The summed E-state index contributed by atoms with van der Waals surface area (Å²) in [6.45, 7) is 0. The van der Waals surface area contributed by atoms with Gasteiger partial charge in [-0.25, -0.2) is 0 Å². The molecular formula is C14H20O2. The molecule has 1 aliphatic rings. The van der Waals surface area contributed by atoms with Crippen molar-refractivity contribution in [1.82, 2.24) is 0 Å². The Morgan fingerprint density at radius 3 is 2.62 bits per heavy atom. The topological polar surface area (TPSA) is 30.2 Å². The summed E-state index contributed by atoms with van der Waals surface area (Å²) in [5, 5.41) is 0. The Kier molecular flexibility index (Phi) is 4.20. The van der Waals surface area contributed by atoms with E-state index in [1.54, 1.807) is 12.5 Å². The van der Waals surface area contributed by atoms with Crippen LogP contribution in [-0.4, -0.2) is 5.78 Å². The molecular weight excluding hydrogens is 200 g/mol. The van der Waals surface area contributed by atoms with Crippen molar-refractivity contribution in [3.05, 3.63) is 24.2 Å². The number of carbonyl (C=O) groups is 1. The molecule has 0 bridgehead atoms. The van der Waals surface area contributed by atoms with Crippen LogP contribution in [-0.2, 0) is 11.2 Å². The van der Waals surface area contributed by atoms with E-state index in [9.17, 15) is 4.79 Å². The third kappa shape index (κ3) is 3.51. The lowest BCUT2D eigenvalue weighted by Gasteiger charge is -2.12. The fraction of sp³-hybridized carbons (Fsp3) is 0.643. The van der Waals surface area contributed by atoms with Crippen LogP contribution >= 0.6 is 0 Å². The summed E-state index contributed by atoms with van der Waals surface area (Å²) in [5.74, 6) is 1.01. The second-order valence-electron chi connectivity index (χ2n) is 4.91. The molecule has 0 amide bonds. The minimum absolute atomic E-state index is 0.369. The molecule has 0 atom stereocenters. The molecule has 0 radical (unpaired) electrons. The third-order valence-electron chi connectivity index (χ3n) is 3.47. The molecule has 2 rings (SSSR count). The van der Waals surface area contributed by atoms with Crippen LogP contribution in [0.4, 0.5) is 0 Å². The summed E-state index contributed by atoms with van der Waals surface area (Å²) in [6, 6.07) is 1.88. The van der Waals surface area contributed by atoms with Crippen LogP contribution in [0.3, 0.4) is 0 Å². The molecule has 1 aromatic heterocycles. The van der Waals surface area contributed by atoms with Gasteiger partial charge in [0.1, 0.15) is 5.78 Å². The van der Waals surface area contributed by atoms with Gasteiger partial charge in [-0.15, -0.1) is 0 Å². The Hall–Kier alpha value is -1.05. The van der Waals surface area contributed by atoms with Gasteiger partial charge in [0.15, 0.2) is 0 Å². The Morgan fingerprint density at radius 2 is 2.00 bits per heavy atom. The third-order valence-corrected chi connectivity index (χ3v) is 3.47. The molecule has 88 valence electrons. The molecule has 2 heteroatoms. The first kappa shape index (κ1) is 11.4. The molecule has 1 fully saturated rings. The van der Waals surface area contributed by atoms with Gasteiger partial charge in [-0.1, -0.05) is 38.5 Å². The summed E-state index contributed by atoms with van der Waals surface area (Å²) in [7, 11) is 0. The summed E-state index contributed by atoms with van der Waals surface area (Å²) < 4.78 is 4.97. The van der Waals surface area contributed by atoms with E-state index in [4.69, 9.17) is 4.42 Å². The Labute approximate surface area is 97.0 Å². The normalized spacial score (nSPS) is 18.2. The number of rotatable bonds is 4. The number of Topliss-reactive ketones (excluding diaryl/α,β-unsaturated/α-hetero) is 1. The van der Waals surface area contributed by atoms with E-state index < -0.39 is 0 Å². The maximum Gasteiger partial charge on any atom is 0.137 e. The summed E-state index contributed by atoms with van der Waals surface area (Å²) in [6.07, 6.45) is 12.4. The number of carbonyl (C=O) groups excluding carboxylic acids is 1. The Balaban J connectivity index is 1.77. The van der Waals surface area contributed by atoms with Crippen LogP contribution in [0, 0.1) is 5.92 Å². The molecule has 1 aromatic rings.